The predicted octanol–water partition coefficient (Wildman–Crippen LogP) is 12.5. The molecule has 3 aliphatic rings. The molecule has 0 N–H and O–H groups in total. The topological polar surface area (TPSA) is 25.8 Å². The fourth-order valence-electron chi connectivity index (χ4n) is 9.24. The van der Waals surface area contributed by atoms with E-state index in [2.05, 4.69) is 159 Å². The van der Waals surface area contributed by atoms with E-state index in [0.29, 0.717) is 0 Å². The minimum absolute atomic E-state index is 0.0731. The maximum atomic E-state index is 4.82. The normalized spacial score (nSPS) is 18.0. The Hall–Kier alpha value is -5.64. The molecule has 236 valence electrons. The van der Waals surface area contributed by atoms with E-state index in [1.807, 2.05) is 0 Å². The Morgan fingerprint density at radius 2 is 1.10 bits per heavy atom. The molecule has 3 aliphatic carbocycles. The van der Waals surface area contributed by atoms with Crippen LogP contribution in [0.25, 0.3) is 71.4 Å². The maximum absolute atomic E-state index is 4.82. The van der Waals surface area contributed by atoms with E-state index in [9.17, 15) is 0 Å². The molecule has 0 bridgehead atoms. The van der Waals surface area contributed by atoms with Gasteiger partial charge in [-0.1, -0.05) is 141 Å². The average Bonchev–Trinajstić information content (AvgIpc) is 3.76. The number of hydrogen-bond donors (Lipinski definition) is 0. The smallest absolute Gasteiger partial charge is 0.108 e. The molecule has 8 aromatic rings. The Morgan fingerprint density at radius 1 is 0.520 bits per heavy atom. The van der Waals surface area contributed by atoms with Crippen molar-refractivity contribution < 1.29 is 0 Å². The Labute approximate surface area is 295 Å². The zero-order chi connectivity index (χ0) is 33.1. The monoisotopic (exact) mass is 656 g/mol. The number of nitrogens with zero attached hydrogens (tertiary/aromatic N) is 2. The van der Waals surface area contributed by atoms with Gasteiger partial charge in [0.1, 0.15) is 5.69 Å². The van der Waals surface area contributed by atoms with Crippen molar-refractivity contribution in [3.05, 3.63) is 174 Å². The van der Waals surface area contributed by atoms with Gasteiger partial charge < -0.3 is 0 Å². The first kappa shape index (κ1) is 28.2. The molecule has 0 amide bonds. The zero-order valence-electron chi connectivity index (χ0n) is 27.8. The molecule has 50 heavy (non-hydrogen) atoms. The van der Waals surface area contributed by atoms with Crippen LogP contribution in [0.3, 0.4) is 0 Å². The van der Waals surface area contributed by atoms with Crippen LogP contribution in [0.4, 0.5) is 0 Å². The van der Waals surface area contributed by atoms with Crippen LogP contribution in [0, 0.1) is 0 Å². The van der Waals surface area contributed by atoms with Gasteiger partial charge in [-0.3, -0.25) is 0 Å². The van der Waals surface area contributed by atoms with E-state index in [1.54, 1.807) is 0 Å². The van der Waals surface area contributed by atoms with Crippen LogP contribution in [-0.2, 0) is 5.41 Å². The number of benzene rings is 7. The first-order valence-electron chi connectivity index (χ1n) is 17.5. The summed E-state index contributed by atoms with van der Waals surface area (Å²) in [6, 6.07) is 47.6. The Kier molecular flexibility index (Phi) is 5.75. The van der Waals surface area contributed by atoms with Gasteiger partial charge in [0, 0.05) is 22.8 Å². The van der Waals surface area contributed by atoms with Crippen molar-refractivity contribution in [3.8, 4) is 33.5 Å². The molecule has 1 aromatic heterocycles. The Morgan fingerprint density at radius 3 is 1.84 bits per heavy atom. The molecule has 0 aliphatic heterocycles. The second kappa shape index (κ2) is 10.2. The van der Waals surface area contributed by atoms with Crippen LogP contribution in [0.5, 0.6) is 0 Å². The molecule has 0 saturated heterocycles. The number of rotatable bonds is 2. The number of allylic oxidation sites excluding steroid dienone is 4. The van der Waals surface area contributed by atoms with E-state index in [-0.39, 0.29) is 17.3 Å². The van der Waals surface area contributed by atoms with E-state index in [1.165, 1.54) is 99.7 Å². The quantitative estimate of drug-likeness (QED) is 0.173. The van der Waals surface area contributed by atoms with E-state index in [0.717, 1.165) is 11.4 Å². The third-order valence-electron chi connectivity index (χ3n) is 11.7. The molecule has 2 nitrogen and oxygen atoms in total. The average molecular weight is 657 g/mol. The summed E-state index contributed by atoms with van der Waals surface area (Å²) in [5.74, 6) is 0.461. The molecule has 1 heterocycles. The third kappa shape index (κ3) is 3.84. The van der Waals surface area contributed by atoms with Crippen molar-refractivity contribution in [3.63, 3.8) is 0 Å². The van der Waals surface area contributed by atoms with Crippen LogP contribution in [0.2, 0.25) is 0 Å². The van der Waals surface area contributed by atoms with Gasteiger partial charge in [-0.2, -0.15) is 8.75 Å². The maximum Gasteiger partial charge on any atom is 0.108 e. The fraction of sp³-hybridized carbons (Fsp3) is 0.106. The van der Waals surface area contributed by atoms with Crippen LogP contribution in [-0.4, -0.2) is 8.75 Å². The minimum atomic E-state index is -0.0731. The van der Waals surface area contributed by atoms with E-state index in [4.69, 9.17) is 8.75 Å². The summed E-state index contributed by atoms with van der Waals surface area (Å²) in [5.41, 5.74) is 15.1. The molecule has 2 atom stereocenters. The number of hydrogen-bond acceptors (Lipinski definition) is 3. The summed E-state index contributed by atoms with van der Waals surface area (Å²) in [6.45, 7) is 4.73. The van der Waals surface area contributed by atoms with E-state index >= 15 is 0 Å². The van der Waals surface area contributed by atoms with Gasteiger partial charge >= 0.3 is 0 Å². The molecule has 0 saturated carbocycles. The highest BCUT2D eigenvalue weighted by Crippen LogP contribution is 2.53. The van der Waals surface area contributed by atoms with Gasteiger partial charge in [0.15, 0.2) is 0 Å². The van der Waals surface area contributed by atoms with Gasteiger partial charge in [0.2, 0.25) is 0 Å². The third-order valence-corrected chi connectivity index (χ3v) is 12.3. The highest BCUT2D eigenvalue weighted by molar-refractivity contribution is 6.99. The second-order valence-electron chi connectivity index (χ2n) is 14.6. The van der Waals surface area contributed by atoms with Gasteiger partial charge in [-0.25, -0.2) is 0 Å². The van der Waals surface area contributed by atoms with Gasteiger partial charge in [0.25, 0.3) is 0 Å². The SMILES string of the molecule is CC1(C)c2ccc(C3=CC4c5nsnc5-c5ccccc5C4C=C3)cc2-c2cc(-c3ccc4c5ccccc5c5ccccc5c4c3)ccc21. The van der Waals surface area contributed by atoms with Crippen molar-refractivity contribution in [2.24, 2.45) is 0 Å². The molecular formula is C47H32N2S. The second-order valence-corrected chi connectivity index (χ2v) is 15.1. The molecule has 3 heteroatoms. The fourth-order valence-corrected chi connectivity index (χ4v) is 9.85. The number of aromatic nitrogens is 2. The van der Waals surface area contributed by atoms with Crippen molar-refractivity contribution in [2.45, 2.75) is 31.1 Å². The highest BCUT2D eigenvalue weighted by Gasteiger charge is 2.38. The summed E-state index contributed by atoms with van der Waals surface area (Å²) < 4.78 is 9.55. The molecule has 0 radical (unpaired) electrons. The summed E-state index contributed by atoms with van der Waals surface area (Å²) in [6.07, 6.45) is 7.14. The molecule has 7 aromatic carbocycles. The van der Waals surface area contributed by atoms with Crippen molar-refractivity contribution >= 4 is 49.6 Å². The summed E-state index contributed by atoms with van der Waals surface area (Å²) >= 11 is 1.33. The number of fused-ring (bicyclic) bond motifs is 15. The predicted molar refractivity (Wildman–Crippen MR) is 210 cm³/mol. The van der Waals surface area contributed by atoms with Gasteiger partial charge in [-0.15, -0.1) is 0 Å². The summed E-state index contributed by atoms with van der Waals surface area (Å²) in [5, 5.41) is 7.84. The molecule has 0 spiro atoms. The standard InChI is InChI=1S/C47H32N2S/c1-47(2)43-21-17-29(27-15-19-36-33-11-4-3-9-31(33)32-10-5-6-13-35(32)39(36)23-27)24-40(43)41-25-30(18-22-44(41)47)28-16-20-37-34-12-7-8-14-38(34)45-46(42(37)26-28)49-50-48-45/h3-26,37,42H,1-2H3. The lowest BCUT2D eigenvalue weighted by molar-refractivity contribution is 0.660. The summed E-state index contributed by atoms with van der Waals surface area (Å²) in [7, 11) is 0. The minimum Gasteiger partial charge on any atom is -0.177 e. The van der Waals surface area contributed by atoms with Crippen molar-refractivity contribution in [2.75, 3.05) is 0 Å². The first-order chi connectivity index (χ1) is 24.5. The highest BCUT2D eigenvalue weighted by atomic mass is 32.1. The first-order valence-corrected chi connectivity index (χ1v) is 18.2. The summed E-state index contributed by atoms with van der Waals surface area (Å²) in [4.78, 5) is 0. The lowest BCUT2D eigenvalue weighted by atomic mass is 9.72. The lowest BCUT2D eigenvalue weighted by Gasteiger charge is -2.31. The van der Waals surface area contributed by atoms with Crippen LogP contribution in [0.15, 0.2) is 146 Å². The Bertz CT molecular complexity index is 2780. The van der Waals surface area contributed by atoms with Gasteiger partial charge in [0.05, 0.1) is 17.4 Å². The zero-order valence-corrected chi connectivity index (χ0v) is 28.6. The van der Waals surface area contributed by atoms with Crippen LogP contribution < -0.4 is 0 Å². The van der Waals surface area contributed by atoms with Crippen molar-refractivity contribution in [1.29, 1.82) is 0 Å². The molecule has 0 fully saturated rings. The van der Waals surface area contributed by atoms with Crippen molar-refractivity contribution in [1.82, 2.24) is 8.75 Å². The Balaban J connectivity index is 1.03. The molecule has 11 rings (SSSR count). The van der Waals surface area contributed by atoms with E-state index < -0.39 is 0 Å². The largest absolute Gasteiger partial charge is 0.177 e. The lowest BCUT2D eigenvalue weighted by Crippen LogP contribution is -2.17. The van der Waals surface area contributed by atoms with Crippen LogP contribution >= 0.6 is 11.7 Å². The van der Waals surface area contributed by atoms with Crippen LogP contribution in [0.1, 0.15) is 53.6 Å². The molecule has 2 unspecified atom stereocenters. The molecular weight excluding hydrogens is 625 g/mol. The van der Waals surface area contributed by atoms with Gasteiger partial charge in [-0.05, 0) is 101 Å².